The van der Waals surface area contributed by atoms with Gasteiger partial charge in [0.1, 0.15) is 0 Å². The van der Waals surface area contributed by atoms with Gasteiger partial charge in [0.2, 0.25) is 5.91 Å². The summed E-state index contributed by atoms with van der Waals surface area (Å²) < 4.78 is 0. The summed E-state index contributed by atoms with van der Waals surface area (Å²) in [6.07, 6.45) is 7.18. The average Bonchev–Trinajstić information content (AvgIpc) is 2.73. The predicted molar refractivity (Wildman–Crippen MR) is 82.4 cm³/mol. The molecule has 0 saturated carbocycles. The maximum Gasteiger partial charge on any atom is 0.222 e. The van der Waals surface area contributed by atoms with Crippen molar-refractivity contribution in [3.05, 3.63) is 35.9 Å². The van der Waals surface area contributed by atoms with Crippen LogP contribution in [0.15, 0.2) is 30.3 Å². The van der Waals surface area contributed by atoms with Crippen molar-refractivity contribution in [1.29, 1.82) is 0 Å². The first-order valence-corrected chi connectivity index (χ1v) is 7.84. The Morgan fingerprint density at radius 3 is 2.75 bits per heavy atom. The van der Waals surface area contributed by atoms with Gasteiger partial charge in [-0.3, -0.25) is 4.79 Å². The van der Waals surface area contributed by atoms with E-state index in [1.165, 1.54) is 18.4 Å². The highest BCUT2D eigenvalue weighted by Crippen LogP contribution is 2.18. The highest BCUT2D eigenvalue weighted by Gasteiger charge is 2.23. The molecule has 2 N–H and O–H groups in total. The van der Waals surface area contributed by atoms with Crippen LogP contribution in [0.2, 0.25) is 0 Å². The fourth-order valence-electron chi connectivity index (χ4n) is 2.98. The fourth-order valence-corrected chi connectivity index (χ4v) is 2.98. The van der Waals surface area contributed by atoms with Crippen LogP contribution in [-0.2, 0) is 11.2 Å². The maximum atomic E-state index is 12.4. The lowest BCUT2D eigenvalue weighted by Crippen LogP contribution is -2.44. The summed E-state index contributed by atoms with van der Waals surface area (Å²) in [6, 6.07) is 10.6. The fraction of sp³-hybridized carbons (Fsp3) is 0.588. The van der Waals surface area contributed by atoms with E-state index in [0.29, 0.717) is 18.9 Å². The Kier molecular flexibility index (Phi) is 6.06. The van der Waals surface area contributed by atoms with Gasteiger partial charge < -0.3 is 10.6 Å². The molecule has 1 heterocycles. The lowest BCUT2D eigenvalue weighted by atomic mass is 10.1. The van der Waals surface area contributed by atoms with Crippen molar-refractivity contribution in [1.82, 2.24) is 4.90 Å². The van der Waals surface area contributed by atoms with Crippen molar-refractivity contribution in [2.24, 2.45) is 5.73 Å². The zero-order valence-electron chi connectivity index (χ0n) is 12.3. The van der Waals surface area contributed by atoms with Crippen LogP contribution in [-0.4, -0.2) is 29.9 Å². The lowest BCUT2D eigenvalue weighted by molar-refractivity contribution is -0.133. The SMILES string of the molecule is NCC1CCCCCN1C(=O)CCCc1ccccc1. The molecule has 1 saturated heterocycles. The lowest BCUT2D eigenvalue weighted by Gasteiger charge is -2.29. The summed E-state index contributed by atoms with van der Waals surface area (Å²) in [5, 5.41) is 0. The Hall–Kier alpha value is -1.35. The Bertz CT molecular complexity index is 405. The van der Waals surface area contributed by atoms with Crippen LogP contribution in [0.1, 0.15) is 44.1 Å². The van der Waals surface area contributed by atoms with Gasteiger partial charge in [0.25, 0.3) is 0 Å². The quantitative estimate of drug-likeness (QED) is 0.897. The monoisotopic (exact) mass is 274 g/mol. The number of rotatable bonds is 5. The molecular weight excluding hydrogens is 248 g/mol. The number of nitrogens with two attached hydrogens (primary N) is 1. The number of carbonyl (C=O) groups excluding carboxylic acids is 1. The second kappa shape index (κ2) is 8.05. The first-order valence-electron chi connectivity index (χ1n) is 7.84. The summed E-state index contributed by atoms with van der Waals surface area (Å²) in [7, 11) is 0. The summed E-state index contributed by atoms with van der Waals surface area (Å²) >= 11 is 0. The van der Waals surface area contributed by atoms with E-state index < -0.39 is 0 Å². The highest BCUT2D eigenvalue weighted by molar-refractivity contribution is 5.76. The van der Waals surface area contributed by atoms with Gasteiger partial charge in [0, 0.05) is 25.6 Å². The molecule has 1 amide bonds. The number of benzene rings is 1. The highest BCUT2D eigenvalue weighted by atomic mass is 16.2. The molecule has 0 radical (unpaired) electrons. The molecule has 1 unspecified atom stereocenters. The molecule has 1 atom stereocenters. The van der Waals surface area contributed by atoms with Gasteiger partial charge in [0.15, 0.2) is 0 Å². The van der Waals surface area contributed by atoms with Crippen molar-refractivity contribution in [3.8, 4) is 0 Å². The summed E-state index contributed by atoms with van der Waals surface area (Å²) in [5.74, 6) is 0.290. The van der Waals surface area contributed by atoms with Crippen LogP contribution >= 0.6 is 0 Å². The molecule has 0 aliphatic carbocycles. The smallest absolute Gasteiger partial charge is 0.222 e. The van der Waals surface area contributed by atoms with Crippen molar-refractivity contribution in [2.45, 2.75) is 51.0 Å². The number of likely N-dealkylation sites (tertiary alicyclic amines) is 1. The minimum atomic E-state index is 0.265. The van der Waals surface area contributed by atoms with Crippen molar-refractivity contribution >= 4 is 5.91 Å². The summed E-state index contributed by atoms with van der Waals surface area (Å²) in [6.45, 7) is 1.50. The largest absolute Gasteiger partial charge is 0.338 e. The number of amides is 1. The first kappa shape index (κ1) is 15.0. The minimum absolute atomic E-state index is 0.265. The molecule has 3 heteroatoms. The standard InChI is InChI=1S/C17H26N2O/c18-14-16-11-5-2-6-13-19(16)17(20)12-7-10-15-8-3-1-4-9-15/h1,3-4,8-9,16H,2,5-7,10-14,18H2. The third-order valence-corrected chi connectivity index (χ3v) is 4.17. The molecular formula is C17H26N2O. The summed E-state index contributed by atoms with van der Waals surface area (Å²) in [4.78, 5) is 14.4. The molecule has 1 fully saturated rings. The number of hydrogen-bond acceptors (Lipinski definition) is 2. The van der Waals surface area contributed by atoms with Crippen molar-refractivity contribution < 1.29 is 4.79 Å². The van der Waals surface area contributed by atoms with Crippen LogP contribution in [0.3, 0.4) is 0 Å². The number of aryl methyl sites for hydroxylation is 1. The van der Waals surface area contributed by atoms with E-state index in [9.17, 15) is 4.79 Å². The van der Waals surface area contributed by atoms with E-state index >= 15 is 0 Å². The molecule has 0 aromatic heterocycles. The molecule has 1 aromatic carbocycles. The average molecular weight is 274 g/mol. The number of carbonyl (C=O) groups is 1. The Morgan fingerprint density at radius 2 is 2.00 bits per heavy atom. The van der Waals surface area contributed by atoms with E-state index in [0.717, 1.165) is 32.2 Å². The normalized spacial score (nSPS) is 19.6. The Morgan fingerprint density at radius 1 is 1.20 bits per heavy atom. The predicted octanol–water partition coefficient (Wildman–Crippen LogP) is 2.74. The van der Waals surface area contributed by atoms with E-state index in [1.54, 1.807) is 0 Å². The maximum absolute atomic E-state index is 12.4. The zero-order valence-corrected chi connectivity index (χ0v) is 12.3. The van der Waals surface area contributed by atoms with Crippen LogP contribution in [0, 0.1) is 0 Å². The second-order valence-electron chi connectivity index (χ2n) is 5.67. The zero-order chi connectivity index (χ0) is 14.2. The van der Waals surface area contributed by atoms with Crippen LogP contribution < -0.4 is 5.73 Å². The van der Waals surface area contributed by atoms with Crippen molar-refractivity contribution in [2.75, 3.05) is 13.1 Å². The topological polar surface area (TPSA) is 46.3 Å². The number of hydrogen-bond donors (Lipinski definition) is 1. The van der Waals surface area contributed by atoms with Gasteiger partial charge >= 0.3 is 0 Å². The van der Waals surface area contributed by atoms with Gasteiger partial charge in [-0.05, 0) is 31.2 Å². The van der Waals surface area contributed by atoms with Gasteiger partial charge in [-0.15, -0.1) is 0 Å². The molecule has 20 heavy (non-hydrogen) atoms. The molecule has 0 bridgehead atoms. The molecule has 1 aliphatic heterocycles. The molecule has 1 aromatic rings. The minimum Gasteiger partial charge on any atom is -0.338 e. The van der Waals surface area contributed by atoms with Crippen molar-refractivity contribution in [3.63, 3.8) is 0 Å². The Balaban J connectivity index is 1.80. The first-order chi connectivity index (χ1) is 9.81. The third kappa shape index (κ3) is 4.34. The second-order valence-corrected chi connectivity index (χ2v) is 5.67. The van der Waals surface area contributed by atoms with Gasteiger partial charge in [0.05, 0.1) is 0 Å². The third-order valence-electron chi connectivity index (χ3n) is 4.17. The molecule has 3 nitrogen and oxygen atoms in total. The van der Waals surface area contributed by atoms with Crippen LogP contribution in [0.4, 0.5) is 0 Å². The number of nitrogens with zero attached hydrogens (tertiary/aromatic N) is 1. The van der Waals surface area contributed by atoms with Gasteiger partial charge in [-0.2, -0.15) is 0 Å². The van der Waals surface area contributed by atoms with E-state index in [4.69, 9.17) is 5.73 Å². The molecule has 110 valence electrons. The summed E-state index contributed by atoms with van der Waals surface area (Å²) in [5.41, 5.74) is 7.14. The van der Waals surface area contributed by atoms with E-state index in [2.05, 4.69) is 24.3 Å². The molecule has 2 rings (SSSR count). The van der Waals surface area contributed by atoms with E-state index in [1.807, 2.05) is 11.0 Å². The van der Waals surface area contributed by atoms with Gasteiger partial charge in [-0.1, -0.05) is 43.2 Å². The Labute approximate surface area is 122 Å². The van der Waals surface area contributed by atoms with E-state index in [-0.39, 0.29) is 6.04 Å². The molecule has 1 aliphatic rings. The molecule has 0 spiro atoms. The van der Waals surface area contributed by atoms with Crippen LogP contribution in [0.25, 0.3) is 0 Å². The van der Waals surface area contributed by atoms with Crippen LogP contribution in [0.5, 0.6) is 0 Å². The van der Waals surface area contributed by atoms with Gasteiger partial charge in [-0.25, -0.2) is 0 Å².